The summed E-state index contributed by atoms with van der Waals surface area (Å²) in [7, 11) is 2.15. The van der Waals surface area contributed by atoms with E-state index in [1.807, 2.05) is 0 Å². The van der Waals surface area contributed by atoms with E-state index in [-0.39, 0.29) is 0 Å². The van der Waals surface area contributed by atoms with Crippen LogP contribution in [-0.2, 0) is 0 Å². The number of nitrogens with one attached hydrogen (secondary N) is 2. The minimum absolute atomic E-state index is 0.410. The molecular weight excluding hydrogens is 285 g/mol. The number of piperidine rings is 1. The standard InChI is InChI=1S/C12H19Cl2N5/c1-19-5-3-2-4-8(19)7-16-11-9(13)6-10(14)12(17-11)18-15/h6,8H,2-5,7,15H2,1H3,(H2,16,17,18). The van der Waals surface area contributed by atoms with Crippen molar-refractivity contribution in [2.45, 2.75) is 25.3 Å². The molecule has 0 saturated carbocycles. The number of halogens is 2. The number of pyridine rings is 1. The third-order valence-corrected chi connectivity index (χ3v) is 4.07. The molecule has 19 heavy (non-hydrogen) atoms. The second kappa shape index (κ2) is 6.61. The quantitative estimate of drug-likeness (QED) is 0.589. The molecule has 2 heterocycles. The molecule has 1 aliphatic rings. The zero-order chi connectivity index (χ0) is 13.8. The van der Waals surface area contributed by atoms with Gasteiger partial charge in [0.05, 0.1) is 10.0 Å². The zero-order valence-electron chi connectivity index (χ0n) is 10.9. The van der Waals surface area contributed by atoms with Gasteiger partial charge in [-0.1, -0.05) is 29.6 Å². The van der Waals surface area contributed by atoms with E-state index in [1.54, 1.807) is 6.07 Å². The van der Waals surface area contributed by atoms with Crippen LogP contribution >= 0.6 is 23.2 Å². The molecule has 2 rings (SSSR count). The van der Waals surface area contributed by atoms with E-state index in [0.717, 1.165) is 13.1 Å². The fourth-order valence-electron chi connectivity index (χ4n) is 2.31. The van der Waals surface area contributed by atoms with Crippen molar-refractivity contribution in [1.82, 2.24) is 9.88 Å². The second-order valence-electron chi connectivity index (χ2n) is 4.80. The Morgan fingerprint density at radius 3 is 2.79 bits per heavy atom. The third kappa shape index (κ3) is 3.63. The lowest BCUT2D eigenvalue weighted by Gasteiger charge is -2.32. The summed E-state index contributed by atoms with van der Waals surface area (Å²) in [5, 5.41) is 4.19. The summed E-state index contributed by atoms with van der Waals surface area (Å²) in [5.41, 5.74) is 2.46. The second-order valence-corrected chi connectivity index (χ2v) is 5.62. The number of hydrazine groups is 1. The fourth-order valence-corrected chi connectivity index (χ4v) is 2.79. The molecule has 0 aliphatic carbocycles. The maximum Gasteiger partial charge on any atom is 0.161 e. The molecule has 1 unspecified atom stereocenters. The van der Waals surface area contributed by atoms with Gasteiger partial charge in [0, 0.05) is 12.6 Å². The number of likely N-dealkylation sites (tertiary alicyclic amines) is 1. The van der Waals surface area contributed by atoms with E-state index in [0.29, 0.717) is 27.7 Å². The van der Waals surface area contributed by atoms with Gasteiger partial charge in [-0.25, -0.2) is 10.8 Å². The number of nitrogens with zero attached hydrogens (tertiary/aromatic N) is 2. The third-order valence-electron chi connectivity index (χ3n) is 3.49. The first-order chi connectivity index (χ1) is 9.11. The molecular formula is C12H19Cl2N5. The summed E-state index contributed by atoms with van der Waals surface area (Å²) in [5.74, 6) is 6.39. The van der Waals surface area contributed by atoms with E-state index in [2.05, 4.69) is 27.7 Å². The van der Waals surface area contributed by atoms with Crippen molar-refractivity contribution in [3.05, 3.63) is 16.1 Å². The molecule has 0 spiro atoms. The number of rotatable bonds is 4. The van der Waals surface area contributed by atoms with Gasteiger partial charge in [0.2, 0.25) is 0 Å². The van der Waals surface area contributed by atoms with Gasteiger partial charge in [-0.2, -0.15) is 0 Å². The van der Waals surface area contributed by atoms with Crippen molar-refractivity contribution in [2.24, 2.45) is 5.84 Å². The van der Waals surface area contributed by atoms with Crippen LogP contribution in [0.1, 0.15) is 19.3 Å². The molecule has 1 aromatic heterocycles. The van der Waals surface area contributed by atoms with Crippen LogP contribution < -0.4 is 16.6 Å². The van der Waals surface area contributed by atoms with Gasteiger partial charge in [-0.15, -0.1) is 0 Å². The van der Waals surface area contributed by atoms with E-state index < -0.39 is 0 Å². The van der Waals surface area contributed by atoms with Gasteiger partial charge in [-0.05, 0) is 32.5 Å². The van der Waals surface area contributed by atoms with Gasteiger partial charge in [0.25, 0.3) is 0 Å². The zero-order valence-corrected chi connectivity index (χ0v) is 12.4. The van der Waals surface area contributed by atoms with Crippen LogP contribution in [-0.4, -0.2) is 36.1 Å². The van der Waals surface area contributed by atoms with Gasteiger partial charge >= 0.3 is 0 Å². The summed E-state index contributed by atoms with van der Waals surface area (Å²) in [6.07, 6.45) is 3.74. The molecule has 5 nitrogen and oxygen atoms in total. The average Bonchev–Trinajstić information content (AvgIpc) is 2.39. The minimum Gasteiger partial charge on any atom is -0.367 e. The van der Waals surface area contributed by atoms with Crippen LogP contribution in [0.25, 0.3) is 0 Å². The lowest BCUT2D eigenvalue weighted by molar-refractivity contribution is 0.194. The molecule has 0 aromatic carbocycles. The molecule has 1 aromatic rings. The van der Waals surface area contributed by atoms with E-state index in [4.69, 9.17) is 29.0 Å². The molecule has 106 valence electrons. The van der Waals surface area contributed by atoms with E-state index >= 15 is 0 Å². The number of likely N-dealkylation sites (N-methyl/N-ethyl adjacent to an activating group) is 1. The predicted octanol–water partition coefficient (Wildman–Crippen LogP) is 2.57. The predicted molar refractivity (Wildman–Crippen MR) is 80.8 cm³/mol. The smallest absolute Gasteiger partial charge is 0.161 e. The lowest BCUT2D eigenvalue weighted by Crippen LogP contribution is -2.40. The number of aromatic nitrogens is 1. The van der Waals surface area contributed by atoms with Crippen molar-refractivity contribution in [3.8, 4) is 0 Å². The maximum atomic E-state index is 6.12. The number of anilines is 2. The Kier molecular flexibility index (Phi) is 5.10. The highest BCUT2D eigenvalue weighted by molar-refractivity contribution is 6.37. The van der Waals surface area contributed by atoms with Crippen molar-refractivity contribution < 1.29 is 0 Å². The SMILES string of the molecule is CN1CCCCC1CNc1nc(NN)c(Cl)cc1Cl. The largest absolute Gasteiger partial charge is 0.367 e. The van der Waals surface area contributed by atoms with Crippen LogP contribution in [0.2, 0.25) is 10.0 Å². The fraction of sp³-hybridized carbons (Fsp3) is 0.583. The van der Waals surface area contributed by atoms with Crippen molar-refractivity contribution >= 4 is 34.8 Å². The van der Waals surface area contributed by atoms with E-state index in [9.17, 15) is 0 Å². The Bertz CT molecular complexity index is 440. The summed E-state index contributed by atoms with van der Waals surface area (Å²) >= 11 is 12.1. The summed E-state index contributed by atoms with van der Waals surface area (Å²) < 4.78 is 0. The van der Waals surface area contributed by atoms with E-state index in [1.165, 1.54) is 19.3 Å². The van der Waals surface area contributed by atoms with Crippen LogP contribution in [0.5, 0.6) is 0 Å². The highest BCUT2D eigenvalue weighted by Gasteiger charge is 2.19. The number of nitrogens with two attached hydrogens (primary N) is 1. The van der Waals surface area contributed by atoms with Crippen LogP contribution in [0, 0.1) is 0 Å². The van der Waals surface area contributed by atoms with Gasteiger partial charge in [0.15, 0.2) is 5.82 Å². The number of nitrogen functional groups attached to an aromatic ring is 1. The highest BCUT2D eigenvalue weighted by Crippen LogP contribution is 2.29. The Morgan fingerprint density at radius 1 is 1.37 bits per heavy atom. The number of hydrogen-bond acceptors (Lipinski definition) is 5. The number of hydrogen-bond donors (Lipinski definition) is 3. The van der Waals surface area contributed by atoms with Gasteiger partial charge in [-0.3, -0.25) is 0 Å². The topological polar surface area (TPSA) is 66.2 Å². The molecule has 7 heteroatoms. The normalized spacial score (nSPS) is 20.3. The first kappa shape index (κ1) is 14.7. The molecule has 1 fully saturated rings. The average molecular weight is 304 g/mol. The molecule has 1 atom stereocenters. The van der Waals surface area contributed by atoms with Crippen molar-refractivity contribution in [1.29, 1.82) is 0 Å². The Hall–Kier alpha value is -0.750. The van der Waals surface area contributed by atoms with Gasteiger partial charge in [0.1, 0.15) is 5.82 Å². The van der Waals surface area contributed by atoms with Crippen molar-refractivity contribution in [3.63, 3.8) is 0 Å². The molecule has 0 bridgehead atoms. The molecule has 0 amide bonds. The van der Waals surface area contributed by atoms with Gasteiger partial charge < -0.3 is 15.6 Å². The summed E-state index contributed by atoms with van der Waals surface area (Å²) in [4.78, 5) is 6.63. The Balaban J connectivity index is 2.02. The maximum absolute atomic E-state index is 6.12. The molecule has 1 aliphatic heterocycles. The Morgan fingerprint density at radius 2 is 2.11 bits per heavy atom. The summed E-state index contributed by atoms with van der Waals surface area (Å²) in [6, 6.07) is 2.15. The van der Waals surface area contributed by atoms with Crippen LogP contribution in [0.3, 0.4) is 0 Å². The molecule has 0 radical (unpaired) electrons. The molecule has 4 N–H and O–H groups in total. The van der Waals surface area contributed by atoms with Crippen molar-refractivity contribution in [2.75, 3.05) is 30.9 Å². The first-order valence-electron chi connectivity index (χ1n) is 6.38. The monoisotopic (exact) mass is 303 g/mol. The van der Waals surface area contributed by atoms with Crippen LogP contribution in [0.15, 0.2) is 6.07 Å². The molecule has 1 saturated heterocycles. The summed E-state index contributed by atoms with van der Waals surface area (Å²) in [6.45, 7) is 1.96. The minimum atomic E-state index is 0.410. The highest BCUT2D eigenvalue weighted by atomic mass is 35.5. The first-order valence-corrected chi connectivity index (χ1v) is 7.14. The lowest BCUT2D eigenvalue weighted by atomic mass is 10.0. The van der Waals surface area contributed by atoms with Crippen LogP contribution in [0.4, 0.5) is 11.6 Å². The Labute approximate surface area is 123 Å².